The maximum absolute atomic E-state index is 4.11. The molecule has 1 atom stereocenters. The van der Waals surface area contributed by atoms with Crippen LogP contribution in [0, 0.1) is 0 Å². The van der Waals surface area contributed by atoms with Gasteiger partial charge in [-0.25, -0.2) is 0 Å². The van der Waals surface area contributed by atoms with Crippen molar-refractivity contribution in [3.8, 4) is 0 Å². The zero-order chi connectivity index (χ0) is 12.1. The van der Waals surface area contributed by atoms with Crippen LogP contribution in [0.1, 0.15) is 30.0 Å². The lowest BCUT2D eigenvalue weighted by atomic mass is 10.1. The topological polar surface area (TPSA) is 68.5 Å². The van der Waals surface area contributed by atoms with Crippen LogP contribution in [0.5, 0.6) is 0 Å². The fourth-order valence-electron chi connectivity index (χ4n) is 1.62. The van der Waals surface area contributed by atoms with Crippen molar-refractivity contribution in [2.24, 2.45) is 7.05 Å². The summed E-state index contributed by atoms with van der Waals surface area (Å²) in [6, 6.07) is 0.228. The highest BCUT2D eigenvalue weighted by Crippen LogP contribution is 2.19. The van der Waals surface area contributed by atoms with E-state index in [4.69, 9.17) is 0 Å². The van der Waals surface area contributed by atoms with Crippen LogP contribution in [-0.4, -0.2) is 31.1 Å². The van der Waals surface area contributed by atoms with Gasteiger partial charge >= 0.3 is 0 Å². The predicted molar refractivity (Wildman–Crippen MR) is 65.7 cm³/mol. The molecule has 0 saturated heterocycles. The molecule has 2 aromatic heterocycles. The Morgan fingerprint density at radius 2 is 2.41 bits per heavy atom. The second kappa shape index (κ2) is 5.83. The third kappa shape index (κ3) is 3.31. The quantitative estimate of drug-likeness (QED) is 0.829. The molecule has 0 amide bonds. The van der Waals surface area contributed by atoms with E-state index in [1.54, 1.807) is 4.68 Å². The van der Waals surface area contributed by atoms with Crippen LogP contribution in [-0.2, 0) is 13.5 Å². The first kappa shape index (κ1) is 12.1. The zero-order valence-electron chi connectivity index (χ0n) is 10.00. The summed E-state index contributed by atoms with van der Waals surface area (Å²) < 4.78 is 5.63. The molecule has 7 heteroatoms. The molecular weight excluding hydrogens is 236 g/mol. The molecule has 0 aliphatic carbocycles. The smallest absolute Gasteiger partial charge is 0.0846 e. The summed E-state index contributed by atoms with van der Waals surface area (Å²) in [5, 5.41) is 15.4. The fourth-order valence-corrected chi connectivity index (χ4v) is 2.19. The molecule has 0 radical (unpaired) electrons. The Morgan fingerprint density at radius 1 is 1.53 bits per heavy atom. The lowest BCUT2D eigenvalue weighted by Crippen LogP contribution is -2.23. The first-order valence-corrected chi connectivity index (χ1v) is 6.42. The number of rotatable bonds is 6. The summed E-state index contributed by atoms with van der Waals surface area (Å²) >= 11 is 1.43. The highest BCUT2D eigenvalue weighted by Gasteiger charge is 2.15. The van der Waals surface area contributed by atoms with Gasteiger partial charge in [-0.2, -0.15) is 0 Å². The van der Waals surface area contributed by atoms with E-state index in [1.165, 1.54) is 11.5 Å². The van der Waals surface area contributed by atoms with Gasteiger partial charge < -0.3 is 5.32 Å². The second-order valence-electron chi connectivity index (χ2n) is 3.91. The lowest BCUT2D eigenvalue weighted by molar-refractivity contribution is 0.530. The van der Waals surface area contributed by atoms with E-state index in [0.717, 1.165) is 30.0 Å². The van der Waals surface area contributed by atoms with Crippen molar-refractivity contribution in [2.75, 3.05) is 6.54 Å². The van der Waals surface area contributed by atoms with Crippen LogP contribution in [0.4, 0.5) is 0 Å². The van der Waals surface area contributed by atoms with Crippen LogP contribution < -0.4 is 5.32 Å². The molecule has 6 nitrogen and oxygen atoms in total. The molecule has 1 unspecified atom stereocenters. The monoisotopic (exact) mass is 252 g/mol. The van der Waals surface area contributed by atoms with Gasteiger partial charge in [-0.1, -0.05) is 16.6 Å². The van der Waals surface area contributed by atoms with Gasteiger partial charge in [0.05, 0.1) is 22.8 Å². The van der Waals surface area contributed by atoms with E-state index in [1.807, 2.05) is 19.4 Å². The molecular formula is C10H16N6S. The average Bonchev–Trinajstić information content (AvgIpc) is 2.95. The largest absolute Gasteiger partial charge is 0.309 e. The van der Waals surface area contributed by atoms with E-state index in [9.17, 15) is 0 Å². The minimum Gasteiger partial charge on any atom is -0.309 e. The highest BCUT2D eigenvalue weighted by molar-refractivity contribution is 7.05. The van der Waals surface area contributed by atoms with E-state index in [0.29, 0.717) is 0 Å². The number of hydrogen-bond donors (Lipinski definition) is 1. The molecule has 0 saturated carbocycles. The summed E-state index contributed by atoms with van der Waals surface area (Å²) in [5.74, 6) is 0. The van der Waals surface area contributed by atoms with Crippen molar-refractivity contribution in [2.45, 2.75) is 25.8 Å². The molecule has 2 heterocycles. The predicted octanol–water partition coefficient (Wildman–Crippen LogP) is 0.950. The first-order valence-electron chi connectivity index (χ1n) is 5.65. The molecule has 0 fully saturated rings. The number of nitrogens with zero attached hydrogens (tertiary/aromatic N) is 5. The Kier molecular flexibility index (Phi) is 4.16. The van der Waals surface area contributed by atoms with E-state index >= 15 is 0 Å². The molecule has 17 heavy (non-hydrogen) atoms. The van der Waals surface area contributed by atoms with Crippen LogP contribution in [0.3, 0.4) is 0 Å². The summed E-state index contributed by atoms with van der Waals surface area (Å²) in [6.07, 6.45) is 5.67. The molecule has 92 valence electrons. The summed E-state index contributed by atoms with van der Waals surface area (Å²) in [5.41, 5.74) is 0.981. The Balaban J connectivity index is 2.05. The van der Waals surface area contributed by atoms with Gasteiger partial charge in [0.1, 0.15) is 0 Å². The third-order valence-corrected chi connectivity index (χ3v) is 3.20. The number of nitrogens with one attached hydrogen (secondary N) is 1. The summed E-state index contributed by atoms with van der Waals surface area (Å²) in [4.78, 5) is 1.14. The van der Waals surface area contributed by atoms with Gasteiger partial charge in [0.2, 0.25) is 0 Å². The van der Waals surface area contributed by atoms with Gasteiger partial charge in [-0.05, 0) is 24.5 Å². The van der Waals surface area contributed by atoms with Crippen LogP contribution >= 0.6 is 11.5 Å². The SMILES string of the molecule is CCCNC(Cc1cn(C)nn1)c1cnns1. The number of hydrogen-bond acceptors (Lipinski definition) is 6. The third-order valence-electron chi connectivity index (χ3n) is 2.43. The number of aromatic nitrogens is 5. The van der Waals surface area contributed by atoms with Crippen molar-refractivity contribution in [3.05, 3.63) is 23.0 Å². The maximum Gasteiger partial charge on any atom is 0.0846 e. The van der Waals surface area contributed by atoms with Crippen molar-refractivity contribution < 1.29 is 0 Å². The molecule has 2 aromatic rings. The van der Waals surface area contributed by atoms with Crippen LogP contribution in [0.2, 0.25) is 0 Å². The molecule has 2 rings (SSSR count). The standard InChI is InChI=1S/C10H16N6S/c1-3-4-11-9(10-6-12-15-17-10)5-8-7-16(2)14-13-8/h6-7,9,11H,3-5H2,1-2H3. The van der Waals surface area contributed by atoms with Crippen LogP contribution in [0.15, 0.2) is 12.4 Å². The Morgan fingerprint density at radius 3 is 3.00 bits per heavy atom. The van der Waals surface area contributed by atoms with Crippen LogP contribution in [0.25, 0.3) is 0 Å². The van der Waals surface area contributed by atoms with Crippen molar-refractivity contribution in [1.82, 2.24) is 29.9 Å². The minimum absolute atomic E-state index is 0.228. The zero-order valence-corrected chi connectivity index (χ0v) is 10.8. The first-order chi connectivity index (χ1) is 8.29. The highest BCUT2D eigenvalue weighted by atomic mass is 32.1. The molecule has 0 aliphatic heterocycles. The molecule has 0 spiro atoms. The summed E-state index contributed by atoms with van der Waals surface area (Å²) in [7, 11) is 1.87. The molecule has 1 N–H and O–H groups in total. The lowest BCUT2D eigenvalue weighted by Gasteiger charge is -2.14. The van der Waals surface area contributed by atoms with Gasteiger partial charge in [-0.3, -0.25) is 4.68 Å². The van der Waals surface area contributed by atoms with E-state index in [2.05, 4.69) is 32.1 Å². The van der Waals surface area contributed by atoms with Gasteiger partial charge in [0.15, 0.2) is 0 Å². The van der Waals surface area contributed by atoms with Crippen molar-refractivity contribution in [1.29, 1.82) is 0 Å². The minimum atomic E-state index is 0.228. The average molecular weight is 252 g/mol. The van der Waals surface area contributed by atoms with Crippen molar-refractivity contribution >= 4 is 11.5 Å². The maximum atomic E-state index is 4.11. The van der Waals surface area contributed by atoms with Gasteiger partial charge in [0, 0.05) is 19.7 Å². The second-order valence-corrected chi connectivity index (χ2v) is 4.73. The Hall–Kier alpha value is -1.34. The summed E-state index contributed by atoms with van der Waals surface area (Å²) in [6.45, 7) is 3.13. The molecule has 0 bridgehead atoms. The number of aryl methyl sites for hydroxylation is 1. The van der Waals surface area contributed by atoms with Crippen molar-refractivity contribution in [3.63, 3.8) is 0 Å². The Labute approximate surface area is 104 Å². The fraction of sp³-hybridized carbons (Fsp3) is 0.600. The van der Waals surface area contributed by atoms with Gasteiger partial charge in [0.25, 0.3) is 0 Å². The molecule has 0 aromatic carbocycles. The normalized spacial score (nSPS) is 12.8. The Bertz CT molecular complexity index is 437. The van der Waals surface area contributed by atoms with E-state index < -0.39 is 0 Å². The van der Waals surface area contributed by atoms with Gasteiger partial charge in [-0.15, -0.1) is 10.2 Å². The molecule has 0 aliphatic rings. The van der Waals surface area contributed by atoms with E-state index in [-0.39, 0.29) is 6.04 Å².